The Kier molecular flexibility index (Phi) is 6.86. The van der Waals surface area contributed by atoms with E-state index in [1.165, 1.54) is 38.6 Å². The lowest BCUT2D eigenvalue weighted by Gasteiger charge is -2.11. The summed E-state index contributed by atoms with van der Waals surface area (Å²) in [6.07, 6.45) is 0. The van der Waals surface area contributed by atoms with E-state index >= 15 is 0 Å². The van der Waals surface area contributed by atoms with E-state index < -0.39 is 0 Å². The lowest BCUT2D eigenvalue weighted by Crippen LogP contribution is -1.97. The van der Waals surface area contributed by atoms with Crippen molar-refractivity contribution >= 4 is 33.1 Å². The van der Waals surface area contributed by atoms with Crippen LogP contribution in [0.1, 0.15) is 0 Å². The molecule has 0 aliphatic heterocycles. The number of hydrogen-bond acceptors (Lipinski definition) is 3. The zero-order valence-electron chi connectivity index (χ0n) is 24.2. The predicted molar refractivity (Wildman–Crippen MR) is 187 cm³/mol. The fourth-order valence-corrected chi connectivity index (χ4v) is 6.20. The van der Waals surface area contributed by atoms with Crippen LogP contribution in [0.5, 0.6) is 0 Å². The lowest BCUT2D eigenvalue weighted by molar-refractivity contribution is 1.07. The summed E-state index contributed by atoms with van der Waals surface area (Å²) in [5, 5.41) is 4.91. The molecule has 7 aromatic carbocycles. The second kappa shape index (κ2) is 11.5. The molecule has 8 rings (SSSR count). The molecule has 0 aliphatic carbocycles. The van der Waals surface area contributed by atoms with Crippen molar-refractivity contribution in [2.75, 3.05) is 0 Å². The third kappa shape index (κ3) is 5.24. The number of rotatable bonds is 5. The molecule has 212 valence electrons. The van der Waals surface area contributed by atoms with Crippen LogP contribution in [-0.2, 0) is 0 Å². The monoisotopic (exact) mass is 595 g/mol. The van der Waals surface area contributed by atoms with Gasteiger partial charge in [-0.1, -0.05) is 146 Å². The highest BCUT2D eigenvalue weighted by molar-refractivity contribution is 6.28. The fraction of sp³-hybridized carbons (Fsp3) is 0. The molecule has 1 aromatic heterocycles. The molecular weight excluding hydrogens is 570 g/mol. The highest BCUT2D eigenvalue weighted by Gasteiger charge is 2.13. The largest absolute Gasteiger partial charge is 0.226 e. The molecule has 0 unspecified atom stereocenters. The van der Waals surface area contributed by atoms with Gasteiger partial charge < -0.3 is 0 Å². The van der Waals surface area contributed by atoms with Crippen LogP contribution >= 0.6 is 11.6 Å². The van der Waals surface area contributed by atoms with Gasteiger partial charge in [0.25, 0.3) is 0 Å². The van der Waals surface area contributed by atoms with Gasteiger partial charge in [-0.3, -0.25) is 0 Å². The minimum absolute atomic E-state index is 0.167. The van der Waals surface area contributed by atoms with Crippen molar-refractivity contribution < 1.29 is 0 Å². The van der Waals surface area contributed by atoms with E-state index in [0.717, 1.165) is 27.5 Å². The molecule has 0 bridgehead atoms. The van der Waals surface area contributed by atoms with Crippen LogP contribution in [0.25, 0.3) is 77.7 Å². The van der Waals surface area contributed by atoms with Crippen LogP contribution in [0, 0.1) is 0 Å². The van der Waals surface area contributed by atoms with Crippen LogP contribution in [0.4, 0.5) is 0 Å². The molecule has 0 saturated carbocycles. The predicted octanol–water partition coefficient (Wildman–Crippen LogP) is 11.2. The van der Waals surface area contributed by atoms with Crippen LogP contribution in [-0.4, -0.2) is 15.0 Å². The van der Waals surface area contributed by atoms with Crippen molar-refractivity contribution in [2.24, 2.45) is 0 Å². The van der Waals surface area contributed by atoms with E-state index in [-0.39, 0.29) is 5.28 Å². The van der Waals surface area contributed by atoms with Gasteiger partial charge in [-0.25, -0.2) is 4.98 Å². The third-order valence-electron chi connectivity index (χ3n) is 8.27. The molecule has 0 radical (unpaired) electrons. The summed E-state index contributed by atoms with van der Waals surface area (Å²) in [5.74, 6) is 1.09. The first-order chi connectivity index (χ1) is 22.2. The summed E-state index contributed by atoms with van der Waals surface area (Å²) in [6.45, 7) is 0. The molecule has 8 aromatic rings. The van der Waals surface area contributed by atoms with E-state index in [0.29, 0.717) is 11.6 Å². The van der Waals surface area contributed by atoms with Crippen LogP contribution in [0.2, 0.25) is 5.28 Å². The van der Waals surface area contributed by atoms with Gasteiger partial charge in [0.1, 0.15) is 0 Å². The Morgan fingerprint density at radius 3 is 1.60 bits per heavy atom. The van der Waals surface area contributed by atoms with Crippen LogP contribution in [0.15, 0.2) is 158 Å². The Morgan fingerprint density at radius 1 is 0.333 bits per heavy atom. The third-order valence-corrected chi connectivity index (χ3v) is 8.44. The van der Waals surface area contributed by atoms with Gasteiger partial charge in [-0.05, 0) is 78.7 Å². The maximum atomic E-state index is 6.46. The second-order valence-electron chi connectivity index (χ2n) is 11.0. The van der Waals surface area contributed by atoms with Gasteiger partial charge in [-0.2, -0.15) is 9.97 Å². The molecule has 0 spiro atoms. The summed E-state index contributed by atoms with van der Waals surface area (Å²) in [5.41, 5.74) is 8.85. The minimum atomic E-state index is 0.167. The summed E-state index contributed by atoms with van der Waals surface area (Å²) in [4.78, 5) is 13.8. The van der Waals surface area contributed by atoms with Crippen molar-refractivity contribution in [3.8, 4) is 56.2 Å². The van der Waals surface area contributed by atoms with E-state index in [1.54, 1.807) is 0 Å². The lowest BCUT2D eigenvalue weighted by atomic mass is 9.94. The molecule has 3 nitrogen and oxygen atoms in total. The van der Waals surface area contributed by atoms with Gasteiger partial charge in [0, 0.05) is 11.1 Å². The molecule has 4 heteroatoms. The quantitative estimate of drug-likeness (QED) is 0.199. The smallest absolute Gasteiger partial charge is 0.208 e. The van der Waals surface area contributed by atoms with Crippen molar-refractivity contribution in [2.45, 2.75) is 0 Å². The second-order valence-corrected chi connectivity index (χ2v) is 11.4. The highest BCUT2D eigenvalue weighted by atomic mass is 35.5. The Labute approximate surface area is 266 Å². The summed E-state index contributed by atoms with van der Waals surface area (Å²) >= 11 is 6.46. The first-order valence-corrected chi connectivity index (χ1v) is 15.3. The zero-order chi connectivity index (χ0) is 30.2. The first kappa shape index (κ1) is 26.9. The molecule has 0 N–H and O–H groups in total. The number of aromatic nitrogens is 3. The fourth-order valence-electron chi connectivity index (χ4n) is 6.04. The highest BCUT2D eigenvalue weighted by Crippen LogP contribution is 2.34. The molecule has 1 heterocycles. The van der Waals surface area contributed by atoms with Gasteiger partial charge in [0.2, 0.25) is 5.28 Å². The van der Waals surface area contributed by atoms with E-state index in [9.17, 15) is 0 Å². The van der Waals surface area contributed by atoms with Gasteiger partial charge in [0.05, 0.1) is 0 Å². The number of hydrogen-bond donors (Lipinski definition) is 0. The van der Waals surface area contributed by atoms with Crippen LogP contribution < -0.4 is 0 Å². The van der Waals surface area contributed by atoms with E-state index in [2.05, 4.69) is 143 Å². The van der Waals surface area contributed by atoms with Crippen molar-refractivity contribution in [1.82, 2.24) is 15.0 Å². The maximum Gasteiger partial charge on any atom is 0.226 e. The SMILES string of the molecule is Clc1nc(-c2ccc(-c3ccccc3-c3ccccc3)cc2)nc(-c2ccc3cc(-c4cccc5ccccc45)ccc3c2)n1. The number of fused-ring (bicyclic) bond motifs is 2. The summed E-state index contributed by atoms with van der Waals surface area (Å²) < 4.78 is 0. The Balaban J connectivity index is 1.11. The van der Waals surface area contributed by atoms with Crippen LogP contribution in [0.3, 0.4) is 0 Å². The average molecular weight is 596 g/mol. The molecule has 0 amide bonds. The number of benzene rings is 7. The molecular formula is C41H26ClN3. The normalized spacial score (nSPS) is 11.2. The van der Waals surface area contributed by atoms with Gasteiger partial charge >= 0.3 is 0 Å². The van der Waals surface area contributed by atoms with Gasteiger partial charge in [-0.15, -0.1) is 0 Å². The number of halogens is 1. The Hall–Kier alpha value is -5.64. The Morgan fingerprint density at radius 2 is 0.844 bits per heavy atom. The van der Waals surface area contributed by atoms with Crippen molar-refractivity contribution in [3.63, 3.8) is 0 Å². The minimum Gasteiger partial charge on any atom is -0.208 e. The number of nitrogens with zero attached hydrogens (tertiary/aromatic N) is 3. The molecule has 45 heavy (non-hydrogen) atoms. The van der Waals surface area contributed by atoms with Gasteiger partial charge in [0.15, 0.2) is 11.6 Å². The van der Waals surface area contributed by atoms with Crippen molar-refractivity contribution in [1.29, 1.82) is 0 Å². The van der Waals surface area contributed by atoms with Crippen molar-refractivity contribution in [3.05, 3.63) is 163 Å². The summed E-state index contributed by atoms with van der Waals surface area (Å²) in [6, 6.07) is 55.0. The topological polar surface area (TPSA) is 38.7 Å². The summed E-state index contributed by atoms with van der Waals surface area (Å²) in [7, 11) is 0. The maximum absolute atomic E-state index is 6.46. The first-order valence-electron chi connectivity index (χ1n) is 14.9. The average Bonchev–Trinajstić information content (AvgIpc) is 3.11. The van der Waals surface area contributed by atoms with E-state index in [4.69, 9.17) is 16.6 Å². The standard InChI is InChI=1S/C41H26ClN3/c42-41-44-39(30-19-17-29(18-20-30)37-15-7-6-14-35(37)27-9-2-1-3-10-27)43-40(45-41)34-24-22-31-25-33(23-21-32(31)26-34)38-16-8-12-28-11-4-5-13-36(28)38/h1-26H. The van der Waals surface area contributed by atoms with E-state index in [1.807, 2.05) is 24.3 Å². The molecule has 0 atom stereocenters. The zero-order valence-corrected chi connectivity index (χ0v) is 25.0. The molecule has 0 fully saturated rings. The molecule has 0 aliphatic rings. The Bertz CT molecular complexity index is 2320. The molecule has 0 saturated heterocycles.